The van der Waals surface area contributed by atoms with E-state index in [0.717, 1.165) is 38.7 Å². The molecule has 17 heavy (non-hydrogen) atoms. The average Bonchev–Trinajstić information content (AvgIpc) is 2.76. The van der Waals surface area contributed by atoms with Crippen LogP contribution < -0.4 is 5.73 Å². The van der Waals surface area contributed by atoms with Crippen LogP contribution in [-0.4, -0.2) is 68.3 Å². The lowest BCUT2D eigenvalue weighted by Gasteiger charge is -2.27. The molecule has 2 unspecified atom stereocenters. The number of ether oxygens (including phenoxy) is 1. The standard InChI is InChI=1S/C13H29N3O/c1-4-16(5-2)13-6-8-15(11-13)10-12(14)7-9-17-3/h12-13H,4-11,14H2,1-3H3. The first-order valence-corrected chi connectivity index (χ1v) is 6.92. The summed E-state index contributed by atoms with van der Waals surface area (Å²) in [5.41, 5.74) is 6.09. The van der Waals surface area contributed by atoms with Gasteiger partial charge in [-0.3, -0.25) is 4.90 Å². The van der Waals surface area contributed by atoms with Crippen molar-refractivity contribution >= 4 is 0 Å². The van der Waals surface area contributed by atoms with Crippen LogP contribution in [0.4, 0.5) is 0 Å². The van der Waals surface area contributed by atoms with E-state index in [9.17, 15) is 0 Å². The maximum Gasteiger partial charge on any atom is 0.0477 e. The molecule has 0 aliphatic carbocycles. The zero-order chi connectivity index (χ0) is 12.7. The Labute approximate surface area is 106 Å². The van der Waals surface area contributed by atoms with Crippen LogP contribution >= 0.6 is 0 Å². The van der Waals surface area contributed by atoms with Crippen molar-refractivity contribution < 1.29 is 4.74 Å². The van der Waals surface area contributed by atoms with Gasteiger partial charge < -0.3 is 15.4 Å². The topological polar surface area (TPSA) is 41.7 Å². The average molecular weight is 243 g/mol. The lowest BCUT2D eigenvalue weighted by atomic mass is 10.2. The largest absolute Gasteiger partial charge is 0.385 e. The Morgan fingerprint density at radius 2 is 2.12 bits per heavy atom. The Morgan fingerprint density at radius 3 is 2.71 bits per heavy atom. The van der Waals surface area contributed by atoms with Crippen molar-refractivity contribution in [3.63, 3.8) is 0 Å². The van der Waals surface area contributed by atoms with Crippen molar-refractivity contribution in [1.29, 1.82) is 0 Å². The molecule has 102 valence electrons. The van der Waals surface area contributed by atoms with Gasteiger partial charge in [-0.1, -0.05) is 13.8 Å². The fourth-order valence-electron chi connectivity index (χ4n) is 2.71. The molecule has 0 bridgehead atoms. The van der Waals surface area contributed by atoms with Crippen molar-refractivity contribution in [3.8, 4) is 0 Å². The molecular weight excluding hydrogens is 214 g/mol. The SMILES string of the molecule is CCN(CC)C1CCN(CC(N)CCOC)C1. The van der Waals surface area contributed by atoms with Crippen LogP contribution in [0.5, 0.6) is 0 Å². The van der Waals surface area contributed by atoms with Gasteiger partial charge in [0.2, 0.25) is 0 Å². The first-order valence-electron chi connectivity index (χ1n) is 6.92. The lowest BCUT2D eigenvalue weighted by molar-refractivity contribution is 0.175. The minimum Gasteiger partial charge on any atom is -0.385 e. The molecule has 4 nitrogen and oxygen atoms in total. The predicted octanol–water partition coefficient (Wildman–Crippen LogP) is 0.766. The Balaban J connectivity index is 2.25. The first-order chi connectivity index (χ1) is 8.21. The Bertz CT molecular complexity index is 197. The van der Waals surface area contributed by atoms with Gasteiger partial charge in [0.05, 0.1) is 0 Å². The van der Waals surface area contributed by atoms with Gasteiger partial charge >= 0.3 is 0 Å². The minimum atomic E-state index is 0.255. The number of hydrogen-bond donors (Lipinski definition) is 1. The summed E-state index contributed by atoms with van der Waals surface area (Å²) in [5, 5.41) is 0. The summed E-state index contributed by atoms with van der Waals surface area (Å²) < 4.78 is 5.06. The van der Waals surface area contributed by atoms with Crippen LogP contribution in [0, 0.1) is 0 Å². The number of hydrogen-bond acceptors (Lipinski definition) is 4. The normalized spacial score (nSPS) is 23.5. The molecule has 1 fully saturated rings. The fourth-order valence-corrected chi connectivity index (χ4v) is 2.71. The van der Waals surface area contributed by atoms with E-state index in [1.165, 1.54) is 19.5 Å². The van der Waals surface area contributed by atoms with Crippen molar-refractivity contribution in [3.05, 3.63) is 0 Å². The Hall–Kier alpha value is -0.160. The number of likely N-dealkylation sites (tertiary alicyclic amines) is 1. The minimum absolute atomic E-state index is 0.255. The molecular formula is C13H29N3O. The van der Waals surface area contributed by atoms with Gasteiger partial charge in [-0.25, -0.2) is 0 Å². The molecule has 1 heterocycles. The van der Waals surface area contributed by atoms with Crippen LogP contribution in [0.2, 0.25) is 0 Å². The molecule has 1 aliphatic heterocycles. The number of nitrogens with zero attached hydrogens (tertiary/aromatic N) is 2. The van der Waals surface area contributed by atoms with E-state index in [1.807, 2.05) is 0 Å². The van der Waals surface area contributed by atoms with Crippen molar-refractivity contribution in [1.82, 2.24) is 9.80 Å². The summed E-state index contributed by atoms with van der Waals surface area (Å²) in [6, 6.07) is 0.991. The Kier molecular flexibility index (Phi) is 7.04. The molecule has 2 atom stereocenters. The molecule has 0 aromatic carbocycles. The lowest BCUT2D eigenvalue weighted by Crippen LogP contribution is -2.40. The van der Waals surface area contributed by atoms with E-state index in [-0.39, 0.29) is 6.04 Å². The highest BCUT2D eigenvalue weighted by Crippen LogP contribution is 2.15. The molecule has 0 aromatic rings. The first kappa shape index (κ1) is 14.9. The van der Waals surface area contributed by atoms with E-state index >= 15 is 0 Å². The number of likely N-dealkylation sites (N-methyl/N-ethyl adjacent to an activating group) is 1. The molecule has 2 N–H and O–H groups in total. The smallest absolute Gasteiger partial charge is 0.0477 e. The summed E-state index contributed by atoms with van der Waals surface area (Å²) in [4.78, 5) is 5.06. The second-order valence-corrected chi connectivity index (χ2v) is 4.96. The van der Waals surface area contributed by atoms with Gasteiger partial charge in [0, 0.05) is 38.9 Å². The third-order valence-corrected chi connectivity index (χ3v) is 3.76. The molecule has 0 aromatic heterocycles. The summed E-state index contributed by atoms with van der Waals surface area (Å²) >= 11 is 0. The number of rotatable bonds is 8. The van der Waals surface area contributed by atoms with Crippen LogP contribution in [0.3, 0.4) is 0 Å². The third kappa shape index (κ3) is 4.92. The van der Waals surface area contributed by atoms with Gasteiger partial charge in [0.25, 0.3) is 0 Å². The molecule has 0 spiro atoms. The highest BCUT2D eigenvalue weighted by Gasteiger charge is 2.26. The Morgan fingerprint density at radius 1 is 1.41 bits per heavy atom. The summed E-state index contributed by atoms with van der Waals surface area (Å²) in [6.45, 7) is 11.0. The van der Waals surface area contributed by atoms with Crippen LogP contribution in [-0.2, 0) is 4.74 Å². The van der Waals surface area contributed by atoms with Crippen molar-refractivity contribution in [2.45, 2.75) is 38.8 Å². The van der Waals surface area contributed by atoms with Crippen LogP contribution in [0.25, 0.3) is 0 Å². The van der Waals surface area contributed by atoms with E-state index in [4.69, 9.17) is 10.5 Å². The highest BCUT2D eigenvalue weighted by atomic mass is 16.5. The third-order valence-electron chi connectivity index (χ3n) is 3.76. The monoisotopic (exact) mass is 243 g/mol. The van der Waals surface area contributed by atoms with Gasteiger partial charge in [-0.05, 0) is 32.5 Å². The zero-order valence-electron chi connectivity index (χ0n) is 11.7. The summed E-state index contributed by atoms with van der Waals surface area (Å²) in [6.07, 6.45) is 2.25. The zero-order valence-corrected chi connectivity index (χ0v) is 11.7. The van der Waals surface area contributed by atoms with Crippen LogP contribution in [0.15, 0.2) is 0 Å². The summed E-state index contributed by atoms with van der Waals surface area (Å²) in [5.74, 6) is 0. The van der Waals surface area contributed by atoms with Gasteiger partial charge in [-0.15, -0.1) is 0 Å². The quantitative estimate of drug-likeness (QED) is 0.683. The number of methoxy groups -OCH3 is 1. The molecule has 0 amide bonds. The maximum atomic E-state index is 6.09. The second kappa shape index (κ2) is 8.03. The van der Waals surface area contributed by atoms with Gasteiger partial charge in [0.15, 0.2) is 0 Å². The van der Waals surface area contributed by atoms with Crippen molar-refractivity contribution in [2.75, 3.05) is 46.4 Å². The molecule has 4 heteroatoms. The maximum absolute atomic E-state index is 6.09. The second-order valence-electron chi connectivity index (χ2n) is 4.96. The molecule has 1 saturated heterocycles. The molecule has 1 rings (SSSR count). The van der Waals surface area contributed by atoms with Crippen molar-refractivity contribution in [2.24, 2.45) is 5.73 Å². The van der Waals surface area contributed by atoms with E-state index in [2.05, 4.69) is 23.6 Å². The number of nitrogens with two attached hydrogens (primary N) is 1. The van der Waals surface area contributed by atoms with E-state index < -0.39 is 0 Å². The fraction of sp³-hybridized carbons (Fsp3) is 1.00. The summed E-state index contributed by atoms with van der Waals surface area (Å²) in [7, 11) is 1.74. The molecule has 0 saturated carbocycles. The van der Waals surface area contributed by atoms with E-state index in [1.54, 1.807) is 7.11 Å². The van der Waals surface area contributed by atoms with Gasteiger partial charge in [-0.2, -0.15) is 0 Å². The molecule has 1 aliphatic rings. The van der Waals surface area contributed by atoms with Gasteiger partial charge in [0.1, 0.15) is 0 Å². The molecule has 0 radical (unpaired) electrons. The highest BCUT2D eigenvalue weighted by molar-refractivity contribution is 4.84. The predicted molar refractivity (Wildman–Crippen MR) is 72.2 cm³/mol. The van der Waals surface area contributed by atoms with E-state index in [0.29, 0.717) is 0 Å². The van der Waals surface area contributed by atoms with Crippen LogP contribution in [0.1, 0.15) is 26.7 Å².